The lowest BCUT2D eigenvalue weighted by molar-refractivity contribution is -0.117. The number of carbonyl (C=O) groups excluding carboxylic acids is 1. The van der Waals surface area contributed by atoms with Crippen molar-refractivity contribution in [2.75, 3.05) is 5.32 Å². The number of nitrogens with zero attached hydrogens (tertiary/aromatic N) is 3. The third-order valence-corrected chi connectivity index (χ3v) is 5.63. The van der Waals surface area contributed by atoms with E-state index in [0.717, 1.165) is 53.8 Å². The first-order valence-corrected chi connectivity index (χ1v) is 10.2. The van der Waals surface area contributed by atoms with Gasteiger partial charge in [0.15, 0.2) is 5.82 Å². The van der Waals surface area contributed by atoms with Crippen LogP contribution in [0.4, 0.5) is 5.82 Å². The minimum atomic E-state index is -0.283. The summed E-state index contributed by atoms with van der Waals surface area (Å²) in [6, 6.07) is 7.91. The maximum atomic E-state index is 12.0. The number of ether oxygens (including phenoxy) is 1. The molecule has 3 heterocycles. The monoisotopic (exact) mass is 392 g/mol. The van der Waals surface area contributed by atoms with Crippen molar-refractivity contribution in [3.05, 3.63) is 42.4 Å². The summed E-state index contributed by atoms with van der Waals surface area (Å²) in [6.07, 6.45) is 7.57. The lowest BCUT2D eigenvalue weighted by atomic mass is 10.1. The number of hydrogen-bond donors (Lipinski definition) is 2. The number of aryl methyl sites for hydroxylation is 1. The number of pyridine rings is 2. The van der Waals surface area contributed by atoms with E-state index in [1.165, 1.54) is 0 Å². The number of aliphatic hydroxyl groups is 1. The molecule has 0 spiro atoms. The van der Waals surface area contributed by atoms with Crippen molar-refractivity contribution < 1.29 is 14.6 Å². The molecule has 5 rings (SSSR count). The minimum Gasteiger partial charge on any atom is -0.488 e. The fourth-order valence-electron chi connectivity index (χ4n) is 3.87. The number of rotatable bonds is 5. The van der Waals surface area contributed by atoms with E-state index in [2.05, 4.69) is 15.4 Å². The maximum Gasteiger partial charge on any atom is 0.228 e. The van der Waals surface area contributed by atoms with E-state index in [1.54, 1.807) is 10.7 Å². The topological polar surface area (TPSA) is 88.8 Å². The van der Waals surface area contributed by atoms with Gasteiger partial charge in [0, 0.05) is 35.9 Å². The summed E-state index contributed by atoms with van der Waals surface area (Å²) in [6.45, 7) is 1.95. The van der Waals surface area contributed by atoms with E-state index in [4.69, 9.17) is 4.74 Å². The molecule has 2 atom stereocenters. The van der Waals surface area contributed by atoms with Gasteiger partial charge in [0.1, 0.15) is 11.9 Å². The molecule has 0 bridgehead atoms. The van der Waals surface area contributed by atoms with E-state index < -0.39 is 0 Å². The number of amides is 1. The Morgan fingerprint density at radius 1 is 1.24 bits per heavy atom. The molecule has 7 heteroatoms. The van der Waals surface area contributed by atoms with E-state index >= 15 is 0 Å². The average molecular weight is 392 g/mol. The third kappa shape index (κ3) is 3.82. The van der Waals surface area contributed by atoms with Crippen molar-refractivity contribution in [2.45, 2.75) is 51.2 Å². The molecule has 3 aromatic rings. The molecule has 3 aromatic heterocycles. The highest BCUT2D eigenvalue weighted by Crippen LogP contribution is 2.34. The van der Waals surface area contributed by atoms with Crippen LogP contribution in [0.3, 0.4) is 0 Å². The summed E-state index contributed by atoms with van der Waals surface area (Å²) >= 11 is 0. The summed E-state index contributed by atoms with van der Waals surface area (Å²) < 4.78 is 7.95. The predicted molar refractivity (Wildman–Crippen MR) is 109 cm³/mol. The zero-order valence-corrected chi connectivity index (χ0v) is 16.3. The first kappa shape index (κ1) is 18.1. The Morgan fingerprint density at radius 2 is 2.10 bits per heavy atom. The van der Waals surface area contributed by atoms with Crippen LogP contribution in [-0.4, -0.2) is 37.8 Å². The molecule has 150 valence electrons. The van der Waals surface area contributed by atoms with Gasteiger partial charge in [-0.25, -0.2) is 4.52 Å². The fourth-order valence-corrected chi connectivity index (χ4v) is 3.87. The highest BCUT2D eigenvalue weighted by Gasteiger charge is 2.30. The van der Waals surface area contributed by atoms with Gasteiger partial charge >= 0.3 is 0 Å². The zero-order valence-electron chi connectivity index (χ0n) is 16.3. The van der Waals surface area contributed by atoms with Crippen LogP contribution in [0.2, 0.25) is 0 Å². The quantitative estimate of drug-likeness (QED) is 0.695. The Hall–Kier alpha value is -2.93. The lowest BCUT2D eigenvalue weighted by Gasteiger charge is -2.17. The van der Waals surface area contributed by atoms with Gasteiger partial charge < -0.3 is 15.2 Å². The van der Waals surface area contributed by atoms with E-state index in [1.807, 2.05) is 37.4 Å². The van der Waals surface area contributed by atoms with Gasteiger partial charge in [-0.1, -0.05) is 0 Å². The second kappa shape index (κ2) is 7.15. The third-order valence-electron chi connectivity index (χ3n) is 5.63. The molecule has 2 aliphatic rings. The number of fused-ring (bicyclic) bond motifs is 1. The summed E-state index contributed by atoms with van der Waals surface area (Å²) in [5, 5.41) is 17.1. The molecule has 2 N–H and O–H groups in total. The SMILES string of the molecule is Cc1cc(-c2ccn3nc(NC(=O)C4CC4)cc3c2)c(O[C@H]2CC[C@H](O)C2)cn1. The first-order chi connectivity index (χ1) is 14.0. The van der Waals surface area contributed by atoms with Gasteiger partial charge in [-0.2, -0.15) is 5.10 Å². The van der Waals surface area contributed by atoms with E-state index in [-0.39, 0.29) is 24.0 Å². The Morgan fingerprint density at radius 3 is 2.86 bits per heavy atom. The van der Waals surface area contributed by atoms with Crippen LogP contribution in [-0.2, 0) is 4.79 Å². The van der Waals surface area contributed by atoms with Crippen molar-refractivity contribution in [2.24, 2.45) is 5.92 Å². The van der Waals surface area contributed by atoms with Crippen LogP contribution < -0.4 is 10.1 Å². The Kier molecular flexibility index (Phi) is 4.47. The van der Waals surface area contributed by atoms with Gasteiger partial charge in [-0.3, -0.25) is 9.78 Å². The molecule has 1 amide bonds. The second-order valence-electron chi connectivity index (χ2n) is 8.11. The van der Waals surface area contributed by atoms with Crippen molar-refractivity contribution in [1.82, 2.24) is 14.6 Å². The molecule has 0 unspecified atom stereocenters. The number of aliphatic hydroxyl groups excluding tert-OH is 1. The molecular formula is C22H24N4O3. The van der Waals surface area contributed by atoms with Gasteiger partial charge in [0.25, 0.3) is 0 Å². The molecule has 2 fully saturated rings. The number of aromatic nitrogens is 3. The largest absolute Gasteiger partial charge is 0.488 e. The van der Waals surface area contributed by atoms with Gasteiger partial charge in [-0.05, 0) is 56.4 Å². The van der Waals surface area contributed by atoms with E-state index in [9.17, 15) is 9.90 Å². The van der Waals surface area contributed by atoms with Gasteiger partial charge in [-0.15, -0.1) is 0 Å². The molecule has 0 saturated heterocycles. The zero-order chi connectivity index (χ0) is 20.0. The molecule has 0 aliphatic heterocycles. The highest BCUT2D eigenvalue weighted by atomic mass is 16.5. The average Bonchev–Trinajstić information content (AvgIpc) is 3.36. The Bertz CT molecular complexity index is 1070. The van der Waals surface area contributed by atoms with Crippen molar-refractivity contribution in [3.63, 3.8) is 0 Å². The van der Waals surface area contributed by atoms with Crippen LogP contribution in [0.5, 0.6) is 5.75 Å². The molecule has 2 aliphatic carbocycles. The van der Waals surface area contributed by atoms with E-state index in [0.29, 0.717) is 12.2 Å². The number of nitrogens with one attached hydrogen (secondary N) is 1. The fraction of sp³-hybridized carbons (Fsp3) is 0.409. The summed E-state index contributed by atoms with van der Waals surface area (Å²) in [5.41, 5.74) is 3.76. The number of hydrogen-bond acceptors (Lipinski definition) is 5. The molecule has 7 nitrogen and oxygen atoms in total. The maximum absolute atomic E-state index is 12.0. The van der Waals surface area contributed by atoms with Crippen molar-refractivity contribution in [1.29, 1.82) is 0 Å². The molecule has 2 saturated carbocycles. The predicted octanol–water partition coefficient (Wildman–Crippen LogP) is 3.35. The van der Waals surface area contributed by atoms with Crippen LogP contribution in [0, 0.1) is 12.8 Å². The normalized spacial score (nSPS) is 21.4. The molecule has 0 aromatic carbocycles. The summed E-state index contributed by atoms with van der Waals surface area (Å²) in [4.78, 5) is 16.4. The van der Waals surface area contributed by atoms with Crippen LogP contribution >= 0.6 is 0 Å². The van der Waals surface area contributed by atoms with Crippen molar-refractivity contribution >= 4 is 17.2 Å². The van der Waals surface area contributed by atoms with Gasteiger partial charge in [0.2, 0.25) is 5.91 Å². The highest BCUT2D eigenvalue weighted by molar-refractivity contribution is 5.93. The molecule has 0 radical (unpaired) electrons. The smallest absolute Gasteiger partial charge is 0.228 e. The standard InChI is InChI=1S/C22H24N4O3/c1-13-8-19(20(12-23-13)29-18-5-4-17(27)11-18)15-6-7-26-16(9-15)10-21(25-26)24-22(28)14-2-3-14/h6-10,12,14,17-18,27H,2-5,11H2,1H3,(H,24,25,28)/t17-,18-/m0/s1. The lowest BCUT2D eigenvalue weighted by Crippen LogP contribution is -2.14. The Balaban J connectivity index is 1.44. The second-order valence-corrected chi connectivity index (χ2v) is 8.11. The van der Waals surface area contributed by atoms with Gasteiger partial charge in [0.05, 0.1) is 17.8 Å². The molecule has 29 heavy (non-hydrogen) atoms. The van der Waals surface area contributed by atoms with Crippen LogP contribution in [0.1, 0.15) is 37.8 Å². The van der Waals surface area contributed by atoms with Crippen LogP contribution in [0.15, 0.2) is 36.7 Å². The Labute approximate surface area is 168 Å². The van der Waals surface area contributed by atoms with Crippen LogP contribution in [0.25, 0.3) is 16.6 Å². The number of carbonyl (C=O) groups is 1. The number of anilines is 1. The molecular weight excluding hydrogens is 368 g/mol. The summed E-state index contributed by atoms with van der Waals surface area (Å²) in [5.74, 6) is 1.49. The first-order valence-electron chi connectivity index (χ1n) is 10.2. The minimum absolute atomic E-state index is 0.0104. The summed E-state index contributed by atoms with van der Waals surface area (Å²) in [7, 11) is 0. The van der Waals surface area contributed by atoms with Crippen molar-refractivity contribution in [3.8, 4) is 16.9 Å².